The van der Waals surface area contributed by atoms with Gasteiger partial charge in [0.1, 0.15) is 5.60 Å². The summed E-state index contributed by atoms with van der Waals surface area (Å²) >= 11 is 0. The zero-order chi connectivity index (χ0) is 15.9. The fourth-order valence-corrected chi connectivity index (χ4v) is 2.09. The first-order valence-electron chi connectivity index (χ1n) is 7.40. The van der Waals surface area contributed by atoms with Crippen molar-refractivity contribution in [1.82, 2.24) is 5.32 Å². The Hall–Kier alpha value is -1.84. The molecule has 0 bridgehead atoms. The van der Waals surface area contributed by atoms with E-state index in [0.29, 0.717) is 17.7 Å². The molecule has 0 spiro atoms. The third-order valence-electron chi connectivity index (χ3n) is 2.97. The molecule has 1 N–H and O–H groups in total. The molecule has 0 aromatic rings. The van der Waals surface area contributed by atoms with E-state index in [4.69, 9.17) is 4.74 Å². The summed E-state index contributed by atoms with van der Waals surface area (Å²) in [5, 5.41) is 2.66. The fourth-order valence-electron chi connectivity index (χ4n) is 2.09. The molecule has 4 heteroatoms. The zero-order valence-electron chi connectivity index (χ0n) is 13.2. The number of amides is 1. The number of carbonyl (C=O) groups excluding carboxylic acids is 2. The molecule has 116 valence electrons. The van der Waals surface area contributed by atoms with Crippen LogP contribution in [0.3, 0.4) is 0 Å². The SMILES string of the molecule is C=C/C=C(NC(=O)OC(C)(C)C)\C1=C\CCCCCC1=O. The Bertz CT molecular complexity index is 467. The lowest BCUT2D eigenvalue weighted by molar-refractivity contribution is -0.115. The summed E-state index contributed by atoms with van der Waals surface area (Å²) in [5.74, 6) is 0.0545. The molecular weight excluding hydrogens is 266 g/mol. The highest BCUT2D eigenvalue weighted by Gasteiger charge is 2.21. The van der Waals surface area contributed by atoms with Crippen molar-refractivity contribution in [3.63, 3.8) is 0 Å². The van der Waals surface area contributed by atoms with Crippen molar-refractivity contribution in [2.75, 3.05) is 0 Å². The first kappa shape index (κ1) is 17.2. The van der Waals surface area contributed by atoms with E-state index in [1.165, 1.54) is 0 Å². The van der Waals surface area contributed by atoms with Crippen LogP contribution in [0, 0.1) is 0 Å². The quantitative estimate of drug-likeness (QED) is 0.798. The lowest BCUT2D eigenvalue weighted by atomic mass is 9.96. The molecule has 0 saturated carbocycles. The van der Waals surface area contributed by atoms with Gasteiger partial charge in [0, 0.05) is 12.0 Å². The summed E-state index contributed by atoms with van der Waals surface area (Å²) in [6.45, 7) is 9.02. The summed E-state index contributed by atoms with van der Waals surface area (Å²) in [6.07, 6.45) is 8.89. The van der Waals surface area contributed by atoms with E-state index in [9.17, 15) is 9.59 Å². The van der Waals surface area contributed by atoms with Crippen molar-refractivity contribution >= 4 is 11.9 Å². The van der Waals surface area contributed by atoms with Crippen molar-refractivity contribution in [2.24, 2.45) is 0 Å². The van der Waals surface area contributed by atoms with Crippen LogP contribution in [0.1, 0.15) is 52.9 Å². The molecule has 21 heavy (non-hydrogen) atoms. The van der Waals surface area contributed by atoms with Crippen LogP contribution in [0.25, 0.3) is 0 Å². The van der Waals surface area contributed by atoms with Crippen LogP contribution in [0.4, 0.5) is 4.79 Å². The first-order valence-corrected chi connectivity index (χ1v) is 7.40. The van der Waals surface area contributed by atoms with Gasteiger partial charge in [-0.2, -0.15) is 0 Å². The Balaban J connectivity index is 2.90. The summed E-state index contributed by atoms with van der Waals surface area (Å²) in [4.78, 5) is 24.1. The number of carbonyl (C=O) groups is 2. The fraction of sp³-hybridized carbons (Fsp3) is 0.529. The van der Waals surface area contributed by atoms with Gasteiger partial charge in [-0.1, -0.05) is 25.2 Å². The van der Waals surface area contributed by atoms with Gasteiger partial charge >= 0.3 is 6.09 Å². The Morgan fingerprint density at radius 3 is 2.67 bits per heavy atom. The Kier molecular flexibility index (Phi) is 6.40. The third-order valence-corrected chi connectivity index (χ3v) is 2.97. The highest BCUT2D eigenvalue weighted by molar-refractivity contribution is 6.00. The van der Waals surface area contributed by atoms with Crippen molar-refractivity contribution in [1.29, 1.82) is 0 Å². The van der Waals surface area contributed by atoms with Crippen LogP contribution in [0.15, 0.2) is 36.1 Å². The number of hydrogen-bond acceptors (Lipinski definition) is 3. The van der Waals surface area contributed by atoms with Gasteiger partial charge < -0.3 is 4.74 Å². The van der Waals surface area contributed by atoms with Crippen LogP contribution < -0.4 is 5.32 Å². The van der Waals surface area contributed by atoms with Crippen LogP contribution in [0.5, 0.6) is 0 Å². The van der Waals surface area contributed by atoms with Crippen molar-refractivity contribution < 1.29 is 14.3 Å². The minimum atomic E-state index is -0.581. The van der Waals surface area contributed by atoms with Crippen LogP contribution in [-0.4, -0.2) is 17.5 Å². The van der Waals surface area contributed by atoms with Gasteiger partial charge in [-0.05, 0) is 46.1 Å². The topological polar surface area (TPSA) is 55.4 Å². The molecule has 0 aliphatic heterocycles. The Morgan fingerprint density at radius 1 is 1.33 bits per heavy atom. The largest absolute Gasteiger partial charge is 0.444 e. The first-order chi connectivity index (χ1) is 9.83. The standard InChI is InChI=1S/C17H25NO3/c1-5-10-14(18-16(20)21-17(2,3)4)13-11-8-6-7-9-12-15(13)19/h5,10-11H,1,6-9,12H2,2-4H3,(H,18,20)/b13-11-,14-10+. The van der Waals surface area contributed by atoms with Gasteiger partial charge in [-0.25, -0.2) is 4.79 Å². The van der Waals surface area contributed by atoms with E-state index < -0.39 is 11.7 Å². The summed E-state index contributed by atoms with van der Waals surface area (Å²) in [7, 11) is 0. The molecule has 1 amide bonds. The van der Waals surface area contributed by atoms with Crippen molar-refractivity contribution in [3.05, 3.63) is 36.1 Å². The summed E-state index contributed by atoms with van der Waals surface area (Å²) in [6, 6.07) is 0. The zero-order valence-corrected chi connectivity index (χ0v) is 13.2. The second kappa shape index (κ2) is 7.81. The van der Waals surface area contributed by atoms with E-state index in [0.717, 1.165) is 25.7 Å². The smallest absolute Gasteiger partial charge is 0.412 e. The molecule has 0 unspecified atom stereocenters. The van der Waals surface area contributed by atoms with Crippen LogP contribution in [0.2, 0.25) is 0 Å². The van der Waals surface area contributed by atoms with Gasteiger partial charge in [0.2, 0.25) is 0 Å². The predicted octanol–water partition coefficient (Wildman–Crippen LogP) is 4.04. The average Bonchev–Trinajstić information content (AvgIpc) is 2.31. The predicted molar refractivity (Wildman–Crippen MR) is 83.8 cm³/mol. The highest BCUT2D eigenvalue weighted by Crippen LogP contribution is 2.19. The molecule has 1 aliphatic carbocycles. The van der Waals surface area contributed by atoms with E-state index >= 15 is 0 Å². The number of allylic oxidation sites excluding steroid dienone is 4. The third kappa shape index (κ3) is 6.43. The molecule has 0 atom stereocenters. The van der Waals surface area contributed by atoms with Gasteiger partial charge in [-0.15, -0.1) is 0 Å². The molecular formula is C17H25NO3. The second-order valence-electron chi connectivity index (χ2n) is 6.08. The summed E-state index contributed by atoms with van der Waals surface area (Å²) in [5.41, 5.74) is 0.439. The van der Waals surface area contributed by atoms with E-state index in [1.54, 1.807) is 32.9 Å². The number of Topliss-reactive ketones (excluding diaryl/α,β-unsaturated/α-hetero) is 1. The summed E-state index contributed by atoms with van der Waals surface area (Å²) < 4.78 is 5.23. The van der Waals surface area contributed by atoms with E-state index in [2.05, 4.69) is 11.9 Å². The van der Waals surface area contributed by atoms with Crippen molar-refractivity contribution in [3.8, 4) is 0 Å². The monoisotopic (exact) mass is 291 g/mol. The lowest BCUT2D eigenvalue weighted by Crippen LogP contribution is -2.33. The van der Waals surface area contributed by atoms with Crippen molar-refractivity contribution in [2.45, 2.75) is 58.5 Å². The maximum absolute atomic E-state index is 12.2. The van der Waals surface area contributed by atoms with Gasteiger partial charge in [0.05, 0.1) is 5.70 Å². The molecule has 0 saturated heterocycles. The number of nitrogens with one attached hydrogen (secondary N) is 1. The normalized spacial score (nSPS) is 19.9. The number of alkyl carbamates (subject to hydrolysis) is 1. The van der Waals surface area contributed by atoms with E-state index in [-0.39, 0.29) is 5.78 Å². The van der Waals surface area contributed by atoms with Crippen LogP contribution in [-0.2, 0) is 9.53 Å². The maximum Gasteiger partial charge on any atom is 0.412 e. The number of ether oxygens (including phenoxy) is 1. The molecule has 1 rings (SSSR count). The minimum Gasteiger partial charge on any atom is -0.444 e. The molecule has 0 aromatic carbocycles. The highest BCUT2D eigenvalue weighted by atomic mass is 16.6. The molecule has 0 radical (unpaired) electrons. The minimum absolute atomic E-state index is 0.0545. The maximum atomic E-state index is 12.2. The Labute approximate surface area is 126 Å². The molecule has 0 fully saturated rings. The second-order valence-corrected chi connectivity index (χ2v) is 6.08. The van der Waals surface area contributed by atoms with E-state index in [1.807, 2.05) is 6.08 Å². The molecule has 0 heterocycles. The number of rotatable bonds is 3. The molecule has 4 nitrogen and oxygen atoms in total. The Morgan fingerprint density at radius 2 is 2.05 bits per heavy atom. The van der Waals surface area contributed by atoms with Gasteiger partial charge in [-0.3, -0.25) is 10.1 Å². The average molecular weight is 291 g/mol. The van der Waals surface area contributed by atoms with Gasteiger partial charge in [0.25, 0.3) is 0 Å². The van der Waals surface area contributed by atoms with Gasteiger partial charge in [0.15, 0.2) is 5.78 Å². The molecule has 0 aromatic heterocycles. The number of hydrogen-bond donors (Lipinski definition) is 1. The number of ketones is 1. The lowest BCUT2D eigenvalue weighted by Gasteiger charge is -2.21. The molecule has 1 aliphatic rings. The van der Waals surface area contributed by atoms with Crippen LogP contribution >= 0.6 is 0 Å².